The molecule has 0 unspecified atom stereocenters. The summed E-state index contributed by atoms with van der Waals surface area (Å²) in [5.41, 5.74) is 1.93. The van der Waals surface area contributed by atoms with Crippen LogP contribution in [0.1, 0.15) is 5.56 Å². The number of hydrogen-bond donors (Lipinski definition) is 1. The maximum absolute atomic E-state index is 12.1. The Kier molecular flexibility index (Phi) is 6.04. The van der Waals surface area contributed by atoms with Crippen LogP contribution < -0.4 is 14.8 Å². The topological polar surface area (TPSA) is 60.5 Å². The molecule has 2 aromatic heterocycles. The van der Waals surface area contributed by atoms with Crippen molar-refractivity contribution in [3.8, 4) is 22.1 Å². The van der Waals surface area contributed by atoms with E-state index < -0.39 is 0 Å². The van der Waals surface area contributed by atoms with Crippen LogP contribution in [0.5, 0.6) is 11.5 Å². The second kappa shape index (κ2) is 8.64. The molecule has 3 aromatic rings. The molecule has 2 heterocycles. The lowest BCUT2D eigenvalue weighted by Crippen LogP contribution is -2.20. The third-order valence-corrected chi connectivity index (χ3v) is 5.14. The van der Waals surface area contributed by atoms with Gasteiger partial charge in [-0.05, 0) is 35.6 Å². The molecule has 0 spiro atoms. The Morgan fingerprint density at radius 1 is 1.31 bits per heavy atom. The van der Waals surface area contributed by atoms with Crippen molar-refractivity contribution in [1.29, 1.82) is 0 Å². The Hall–Kier alpha value is -2.64. The zero-order chi connectivity index (χ0) is 18.4. The molecule has 0 aliphatic carbocycles. The van der Waals surface area contributed by atoms with E-state index in [2.05, 4.69) is 16.9 Å². The van der Waals surface area contributed by atoms with Crippen molar-refractivity contribution in [3.63, 3.8) is 0 Å². The first-order chi connectivity index (χ1) is 12.7. The molecule has 0 aliphatic rings. The van der Waals surface area contributed by atoms with Gasteiger partial charge in [0.05, 0.1) is 17.7 Å². The minimum Gasteiger partial charge on any atom is -0.493 e. The van der Waals surface area contributed by atoms with Crippen LogP contribution in [0.2, 0.25) is 0 Å². The molecule has 1 N–H and O–H groups in total. The fourth-order valence-electron chi connectivity index (χ4n) is 2.29. The zero-order valence-electron chi connectivity index (χ0n) is 14.2. The van der Waals surface area contributed by atoms with E-state index >= 15 is 0 Å². The number of carbonyl (C=O) groups excluding carboxylic acids is 1. The summed E-state index contributed by atoms with van der Waals surface area (Å²) < 4.78 is 10.9. The highest BCUT2D eigenvalue weighted by Crippen LogP contribution is 2.29. The summed E-state index contributed by atoms with van der Waals surface area (Å²) in [5, 5.41) is 7.22. The highest BCUT2D eigenvalue weighted by Gasteiger charge is 2.11. The predicted octanol–water partition coefficient (Wildman–Crippen LogP) is 4.63. The van der Waals surface area contributed by atoms with Gasteiger partial charge in [0.1, 0.15) is 0 Å². The van der Waals surface area contributed by atoms with Gasteiger partial charge >= 0.3 is 0 Å². The van der Waals surface area contributed by atoms with E-state index in [-0.39, 0.29) is 12.5 Å². The number of allylic oxidation sites excluding steroid dienone is 1. The molecule has 134 valence electrons. The first-order valence-corrected chi connectivity index (χ1v) is 9.65. The van der Waals surface area contributed by atoms with Gasteiger partial charge in [0.25, 0.3) is 5.91 Å². The largest absolute Gasteiger partial charge is 0.493 e. The second-order valence-corrected chi connectivity index (χ2v) is 7.14. The van der Waals surface area contributed by atoms with Gasteiger partial charge in [0, 0.05) is 5.38 Å². The van der Waals surface area contributed by atoms with E-state index in [1.54, 1.807) is 24.5 Å². The lowest BCUT2D eigenvalue weighted by Gasteiger charge is -2.11. The van der Waals surface area contributed by atoms with Crippen LogP contribution in [0.15, 0.2) is 53.7 Å². The van der Waals surface area contributed by atoms with Crippen molar-refractivity contribution in [2.45, 2.75) is 6.42 Å². The number of hydrogen-bond acceptors (Lipinski definition) is 6. The molecule has 5 nitrogen and oxygen atoms in total. The molecule has 0 fully saturated rings. The number of ether oxygens (including phenoxy) is 2. The van der Waals surface area contributed by atoms with E-state index in [9.17, 15) is 4.79 Å². The molecule has 0 bridgehead atoms. The first kappa shape index (κ1) is 18.2. The van der Waals surface area contributed by atoms with Crippen LogP contribution in [-0.2, 0) is 11.2 Å². The van der Waals surface area contributed by atoms with Crippen molar-refractivity contribution in [2.24, 2.45) is 0 Å². The molecule has 1 amide bonds. The summed E-state index contributed by atoms with van der Waals surface area (Å²) in [5.74, 6) is 0.842. The van der Waals surface area contributed by atoms with Crippen molar-refractivity contribution in [2.75, 3.05) is 19.0 Å². The fraction of sp³-hybridized carbons (Fsp3) is 0.158. The van der Waals surface area contributed by atoms with E-state index in [4.69, 9.17) is 9.47 Å². The Labute approximate surface area is 159 Å². The summed E-state index contributed by atoms with van der Waals surface area (Å²) >= 11 is 3.00. The van der Waals surface area contributed by atoms with Gasteiger partial charge in [-0.25, -0.2) is 4.98 Å². The smallest absolute Gasteiger partial charge is 0.264 e. The van der Waals surface area contributed by atoms with Crippen molar-refractivity contribution >= 4 is 33.7 Å². The first-order valence-electron chi connectivity index (χ1n) is 7.89. The summed E-state index contributed by atoms with van der Waals surface area (Å²) in [6.45, 7) is 3.60. The van der Waals surface area contributed by atoms with E-state index in [1.807, 2.05) is 41.1 Å². The minimum absolute atomic E-state index is 0.120. The number of aromatic nitrogens is 1. The van der Waals surface area contributed by atoms with Gasteiger partial charge in [-0.1, -0.05) is 18.2 Å². The molecular formula is C19H18N2O3S2. The normalized spacial score (nSPS) is 10.3. The molecule has 0 atom stereocenters. The lowest BCUT2D eigenvalue weighted by atomic mass is 10.1. The van der Waals surface area contributed by atoms with Gasteiger partial charge in [0.15, 0.2) is 23.2 Å². The molecular weight excluding hydrogens is 368 g/mol. The predicted molar refractivity (Wildman–Crippen MR) is 106 cm³/mol. The van der Waals surface area contributed by atoms with Crippen molar-refractivity contribution < 1.29 is 14.3 Å². The summed E-state index contributed by atoms with van der Waals surface area (Å²) in [4.78, 5) is 17.6. The average Bonchev–Trinajstić information content (AvgIpc) is 3.32. The molecule has 0 aliphatic heterocycles. The number of nitrogens with one attached hydrogen (secondary N) is 1. The molecule has 1 aromatic carbocycles. The molecule has 26 heavy (non-hydrogen) atoms. The number of thiophene rings is 1. The SMILES string of the molecule is C=CCc1ccc(OCC(=O)Nc2nc(-c3cccs3)cs2)c(OC)c1. The molecule has 7 heteroatoms. The number of rotatable bonds is 8. The van der Waals surface area contributed by atoms with Crippen molar-refractivity contribution in [3.05, 3.63) is 59.3 Å². The Morgan fingerprint density at radius 3 is 2.92 bits per heavy atom. The number of nitrogens with zero attached hydrogens (tertiary/aromatic N) is 1. The van der Waals surface area contributed by atoms with Crippen LogP contribution in [0.4, 0.5) is 5.13 Å². The van der Waals surface area contributed by atoms with Crippen molar-refractivity contribution in [1.82, 2.24) is 4.98 Å². The van der Waals surface area contributed by atoms with Crippen LogP contribution in [0, 0.1) is 0 Å². The Morgan fingerprint density at radius 2 is 2.19 bits per heavy atom. The highest BCUT2D eigenvalue weighted by molar-refractivity contribution is 7.16. The van der Waals surface area contributed by atoms with E-state index in [1.165, 1.54) is 11.3 Å². The van der Waals surface area contributed by atoms with Gasteiger partial charge in [0.2, 0.25) is 0 Å². The summed E-state index contributed by atoms with van der Waals surface area (Å²) in [6.07, 6.45) is 2.56. The lowest BCUT2D eigenvalue weighted by molar-refractivity contribution is -0.118. The minimum atomic E-state index is -0.269. The highest BCUT2D eigenvalue weighted by atomic mass is 32.1. The quantitative estimate of drug-likeness (QED) is 0.574. The summed E-state index contributed by atoms with van der Waals surface area (Å²) in [6, 6.07) is 9.56. The zero-order valence-corrected chi connectivity index (χ0v) is 15.9. The number of carbonyl (C=O) groups is 1. The number of thiazole rings is 1. The fourth-order valence-corrected chi connectivity index (χ4v) is 3.78. The van der Waals surface area contributed by atoms with Crippen LogP contribution in [0.3, 0.4) is 0 Å². The molecule has 0 saturated carbocycles. The maximum Gasteiger partial charge on any atom is 0.264 e. The third-order valence-electron chi connectivity index (χ3n) is 3.49. The third kappa shape index (κ3) is 4.50. The average molecular weight is 386 g/mol. The summed E-state index contributed by atoms with van der Waals surface area (Å²) in [7, 11) is 1.57. The molecule has 0 radical (unpaired) electrons. The van der Waals surface area contributed by atoms with Gasteiger partial charge in [-0.3, -0.25) is 10.1 Å². The van der Waals surface area contributed by atoms with Gasteiger partial charge < -0.3 is 9.47 Å². The van der Waals surface area contributed by atoms with Crippen LogP contribution in [0.25, 0.3) is 10.6 Å². The maximum atomic E-state index is 12.1. The van der Waals surface area contributed by atoms with E-state index in [0.717, 1.165) is 22.6 Å². The Balaban J connectivity index is 1.58. The molecule has 3 rings (SSSR count). The van der Waals surface area contributed by atoms with Gasteiger partial charge in [-0.15, -0.1) is 29.3 Å². The number of anilines is 1. The monoisotopic (exact) mass is 386 g/mol. The Bertz CT molecular complexity index is 888. The van der Waals surface area contributed by atoms with E-state index in [0.29, 0.717) is 16.6 Å². The number of amides is 1. The second-order valence-electron chi connectivity index (χ2n) is 5.33. The van der Waals surface area contributed by atoms with Crippen LogP contribution in [-0.4, -0.2) is 24.6 Å². The van der Waals surface area contributed by atoms with Crippen LogP contribution >= 0.6 is 22.7 Å². The van der Waals surface area contributed by atoms with Gasteiger partial charge in [-0.2, -0.15) is 0 Å². The number of methoxy groups -OCH3 is 1. The number of benzene rings is 1. The standard InChI is InChI=1S/C19H18N2O3S2/c1-3-5-13-7-8-15(16(10-13)23-2)24-11-18(22)21-19-20-14(12-26-19)17-6-4-9-25-17/h3-4,6-10,12H,1,5,11H2,2H3,(H,20,21,22). The molecule has 0 saturated heterocycles.